The van der Waals surface area contributed by atoms with E-state index in [0.29, 0.717) is 30.2 Å². The smallest absolute Gasteiger partial charge is 0.335 e. The summed E-state index contributed by atoms with van der Waals surface area (Å²) < 4.78 is 12.6. The van der Waals surface area contributed by atoms with E-state index in [-0.39, 0.29) is 11.5 Å². The number of carboxylic acids is 1. The van der Waals surface area contributed by atoms with Gasteiger partial charge < -0.3 is 24.5 Å². The molecule has 0 aliphatic rings. The van der Waals surface area contributed by atoms with Crippen LogP contribution in [0.25, 0.3) is 22.0 Å². The van der Waals surface area contributed by atoms with Crippen molar-refractivity contribution in [3.8, 4) is 22.6 Å². The molecule has 0 saturated carbocycles. The van der Waals surface area contributed by atoms with Crippen LogP contribution >= 0.6 is 0 Å². The fourth-order valence-corrected chi connectivity index (χ4v) is 4.15. The van der Waals surface area contributed by atoms with Crippen LogP contribution in [-0.2, 0) is 6.54 Å². The average molecular weight is 473 g/mol. The van der Waals surface area contributed by atoms with Crippen molar-refractivity contribution >= 4 is 22.8 Å². The number of nitrogens with one attached hydrogen (secondary N) is 1. The fourth-order valence-electron chi connectivity index (χ4n) is 4.15. The first-order valence-corrected chi connectivity index (χ1v) is 11.4. The van der Waals surface area contributed by atoms with E-state index in [9.17, 15) is 14.7 Å². The van der Waals surface area contributed by atoms with Crippen LogP contribution < -0.4 is 14.8 Å². The van der Waals surface area contributed by atoms with Gasteiger partial charge in [-0.05, 0) is 42.7 Å². The van der Waals surface area contributed by atoms with Gasteiger partial charge in [-0.1, -0.05) is 36.4 Å². The minimum atomic E-state index is -0.947. The molecule has 0 aliphatic carbocycles. The molecule has 0 spiro atoms. The molecular formula is C28H28N2O5. The summed E-state index contributed by atoms with van der Waals surface area (Å²) in [5.41, 5.74) is 3.75. The average Bonchev–Trinajstić information content (AvgIpc) is 3.26. The number of amides is 1. The summed E-state index contributed by atoms with van der Waals surface area (Å²) in [6.07, 6.45) is 3.66. The van der Waals surface area contributed by atoms with Gasteiger partial charge in [-0.25, -0.2) is 4.79 Å². The summed E-state index contributed by atoms with van der Waals surface area (Å²) in [7, 11) is 3.08. The third kappa shape index (κ3) is 5.30. The molecule has 7 heteroatoms. The Hall–Kier alpha value is -4.26. The number of fused-ring (bicyclic) bond motifs is 1. The second-order valence-electron chi connectivity index (χ2n) is 8.17. The quantitative estimate of drug-likeness (QED) is 0.308. The van der Waals surface area contributed by atoms with E-state index in [0.717, 1.165) is 34.9 Å². The molecule has 3 aromatic carbocycles. The van der Waals surface area contributed by atoms with Crippen LogP contribution in [0.4, 0.5) is 0 Å². The molecule has 4 rings (SSSR count). The van der Waals surface area contributed by atoms with Gasteiger partial charge >= 0.3 is 5.97 Å². The Morgan fingerprint density at radius 2 is 1.74 bits per heavy atom. The molecule has 0 unspecified atom stereocenters. The van der Waals surface area contributed by atoms with Crippen molar-refractivity contribution in [1.82, 2.24) is 9.88 Å². The Bertz CT molecular complexity index is 1340. The summed E-state index contributed by atoms with van der Waals surface area (Å²) in [5.74, 6) is -0.0624. The van der Waals surface area contributed by atoms with Crippen molar-refractivity contribution in [2.75, 3.05) is 20.8 Å². The number of hydrogen-bond acceptors (Lipinski definition) is 4. The van der Waals surface area contributed by atoms with Gasteiger partial charge in [0.1, 0.15) is 11.5 Å². The Balaban J connectivity index is 1.43. The minimum Gasteiger partial charge on any atom is -0.497 e. The maximum atomic E-state index is 12.6. The molecule has 180 valence electrons. The van der Waals surface area contributed by atoms with E-state index in [1.165, 1.54) is 7.11 Å². The number of aromatic carboxylic acids is 1. The zero-order valence-electron chi connectivity index (χ0n) is 19.8. The Morgan fingerprint density at radius 3 is 2.46 bits per heavy atom. The van der Waals surface area contributed by atoms with Crippen LogP contribution in [0.3, 0.4) is 0 Å². The highest BCUT2D eigenvalue weighted by molar-refractivity contribution is 6.00. The number of unbranched alkanes of at least 4 members (excludes halogenated alkanes) is 1. The van der Waals surface area contributed by atoms with Crippen LogP contribution in [-0.4, -0.2) is 42.3 Å². The summed E-state index contributed by atoms with van der Waals surface area (Å²) in [6, 6.07) is 20.4. The third-order valence-electron chi connectivity index (χ3n) is 5.98. The number of rotatable bonds is 10. The van der Waals surface area contributed by atoms with Crippen molar-refractivity contribution < 1.29 is 24.2 Å². The Morgan fingerprint density at radius 1 is 0.943 bits per heavy atom. The number of hydrogen-bond donors (Lipinski definition) is 2. The van der Waals surface area contributed by atoms with Gasteiger partial charge in [-0.15, -0.1) is 0 Å². The molecule has 0 fully saturated rings. The minimum absolute atomic E-state index is 0.201. The molecule has 2 N–H and O–H groups in total. The van der Waals surface area contributed by atoms with Gasteiger partial charge in [0.25, 0.3) is 5.91 Å². The van der Waals surface area contributed by atoms with Crippen LogP contribution in [0.15, 0.2) is 72.9 Å². The number of nitrogens with zero attached hydrogens (tertiary/aromatic N) is 1. The predicted molar refractivity (Wildman–Crippen MR) is 135 cm³/mol. The van der Waals surface area contributed by atoms with Gasteiger partial charge in [0.2, 0.25) is 0 Å². The molecule has 1 amide bonds. The highest BCUT2D eigenvalue weighted by Gasteiger charge is 2.14. The van der Waals surface area contributed by atoms with E-state index in [4.69, 9.17) is 9.47 Å². The zero-order valence-corrected chi connectivity index (χ0v) is 19.8. The maximum Gasteiger partial charge on any atom is 0.335 e. The van der Waals surface area contributed by atoms with Gasteiger partial charge in [-0.2, -0.15) is 0 Å². The van der Waals surface area contributed by atoms with Crippen molar-refractivity contribution in [3.63, 3.8) is 0 Å². The first-order chi connectivity index (χ1) is 17.0. The van der Waals surface area contributed by atoms with Gasteiger partial charge in [0.05, 0.1) is 25.3 Å². The first-order valence-electron chi connectivity index (χ1n) is 11.4. The highest BCUT2D eigenvalue weighted by atomic mass is 16.5. The van der Waals surface area contributed by atoms with E-state index in [2.05, 4.69) is 16.1 Å². The third-order valence-corrected chi connectivity index (χ3v) is 5.98. The van der Waals surface area contributed by atoms with Gasteiger partial charge in [0, 0.05) is 41.8 Å². The number of benzene rings is 3. The summed E-state index contributed by atoms with van der Waals surface area (Å²) in [5, 5.41) is 13.4. The van der Waals surface area contributed by atoms with Crippen molar-refractivity contribution in [2.45, 2.75) is 19.4 Å². The van der Waals surface area contributed by atoms with Crippen LogP contribution in [0.2, 0.25) is 0 Å². The SMILES string of the molecule is COc1ccc(C(=O)NCCCCn2cc(-c3ccccc3)c3ccc(C(=O)O)cc32)c(OC)c1. The van der Waals surface area contributed by atoms with E-state index in [1.54, 1.807) is 37.4 Å². The molecule has 0 aliphatic heterocycles. The topological polar surface area (TPSA) is 89.8 Å². The number of carbonyl (C=O) groups excluding carboxylic acids is 1. The highest BCUT2D eigenvalue weighted by Crippen LogP contribution is 2.31. The monoisotopic (exact) mass is 472 g/mol. The summed E-state index contributed by atoms with van der Waals surface area (Å²) in [4.78, 5) is 24.1. The number of methoxy groups -OCH3 is 2. The number of carboxylic acid groups (broad SMARTS) is 1. The first kappa shape index (κ1) is 23.9. The van der Waals surface area contributed by atoms with E-state index in [1.807, 2.05) is 36.4 Å². The normalized spacial score (nSPS) is 10.8. The second kappa shape index (κ2) is 10.8. The molecule has 1 aromatic heterocycles. The molecule has 0 bridgehead atoms. The lowest BCUT2D eigenvalue weighted by molar-refractivity contribution is 0.0696. The van der Waals surface area contributed by atoms with Crippen molar-refractivity contribution in [3.05, 3.63) is 84.1 Å². The Kier molecular flexibility index (Phi) is 7.35. The molecule has 0 atom stereocenters. The molecule has 0 radical (unpaired) electrons. The standard InChI is InChI=1S/C28H28N2O5/c1-34-21-11-13-23(26(17-21)35-2)27(31)29-14-6-7-15-30-18-24(19-8-4-3-5-9-19)22-12-10-20(28(32)33)16-25(22)30/h3-5,8-13,16-18H,6-7,14-15H2,1-2H3,(H,29,31)(H,32,33). The lowest BCUT2D eigenvalue weighted by Crippen LogP contribution is -2.25. The van der Waals surface area contributed by atoms with Crippen LogP contribution in [0.5, 0.6) is 11.5 Å². The fraction of sp³-hybridized carbons (Fsp3) is 0.214. The second-order valence-corrected chi connectivity index (χ2v) is 8.17. The van der Waals surface area contributed by atoms with Crippen LogP contribution in [0.1, 0.15) is 33.6 Å². The molecular weight excluding hydrogens is 444 g/mol. The number of carbonyl (C=O) groups is 2. The number of ether oxygens (including phenoxy) is 2. The summed E-state index contributed by atoms with van der Waals surface area (Å²) in [6.45, 7) is 1.22. The Labute approximate surface area is 203 Å². The predicted octanol–water partition coefficient (Wildman–Crippen LogP) is 5.23. The van der Waals surface area contributed by atoms with Gasteiger partial charge in [0.15, 0.2) is 0 Å². The number of aryl methyl sites for hydroxylation is 1. The van der Waals surface area contributed by atoms with Crippen LogP contribution in [0, 0.1) is 0 Å². The number of aromatic nitrogens is 1. The van der Waals surface area contributed by atoms with E-state index < -0.39 is 5.97 Å². The maximum absolute atomic E-state index is 12.6. The van der Waals surface area contributed by atoms with Gasteiger partial charge in [-0.3, -0.25) is 4.79 Å². The zero-order chi connectivity index (χ0) is 24.8. The van der Waals surface area contributed by atoms with Crippen molar-refractivity contribution in [1.29, 1.82) is 0 Å². The molecule has 7 nitrogen and oxygen atoms in total. The molecule has 0 saturated heterocycles. The lowest BCUT2D eigenvalue weighted by atomic mass is 10.0. The lowest BCUT2D eigenvalue weighted by Gasteiger charge is -2.11. The molecule has 4 aromatic rings. The summed E-state index contributed by atoms with van der Waals surface area (Å²) >= 11 is 0. The molecule has 1 heterocycles. The van der Waals surface area contributed by atoms with Crippen molar-refractivity contribution in [2.24, 2.45) is 0 Å². The van der Waals surface area contributed by atoms with E-state index >= 15 is 0 Å². The molecule has 35 heavy (non-hydrogen) atoms. The largest absolute Gasteiger partial charge is 0.497 e.